The van der Waals surface area contributed by atoms with Crippen LogP contribution in [0.4, 0.5) is 0 Å². The zero-order valence-electron chi connectivity index (χ0n) is 5.19. The first-order valence-electron chi connectivity index (χ1n) is 2.33. The average molecular weight is 132 g/mol. The van der Waals surface area contributed by atoms with Crippen LogP contribution in [0.2, 0.25) is 0 Å². The first-order valence-corrected chi connectivity index (χ1v) is 2.71. The van der Waals surface area contributed by atoms with Crippen LogP contribution in [-0.2, 0) is 0 Å². The van der Waals surface area contributed by atoms with Crippen LogP contribution in [0.5, 0.6) is 0 Å². The highest BCUT2D eigenvalue weighted by Gasteiger charge is 1.81. The number of halogens is 1. The summed E-state index contributed by atoms with van der Waals surface area (Å²) in [6, 6.07) is 0. The average Bonchev–Trinajstić information content (AvgIpc) is 1.65. The lowest BCUT2D eigenvalue weighted by molar-refractivity contribution is 0.562. The minimum absolute atomic E-state index is 0.662. The Morgan fingerprint density at radius 1 is 1.62 bits per heavy atom. The summed E-state index contributed by atoms with van der Waals surface area (Å²) in [5, 5.41) is 0.662. The van der Waals surface area contributed by atoms with Crippen molar-refractivity contribution >= 4 is 11.6 Å². The monoisotopic (exact) mass is 131 g/mol. The molecule has 0 aromatic carbocycles. The predicted molar refractivity (Wildman–Crippen MR) is 37.8 cm³/mol. The topological polar surface area (TPSA) is 3.24 Å². The second-order valence-electron chi connectivity index (χ2n) is 1.68. The summed E-state index contributed by atoms with van der Waals surface area (Å²) in [6.07, 6.45) is 3.39. The van der Waals surface area contributed by atoms with Crippen molar-refractivity contribution < 1.29 is 0 Å². The minimum Gasteiger partial charge on any atom is -0.382 e. The maximum atomic E-state index is 5.56. The van der Waals surface area contributed by atoms with Gasteiger partial charge in [-0.15, -0.1) is 0 Å². The molecule has 2 heteroatoms. The third-order valence-electron chi connectivity index (χ3n) is 0.577. The van der Waals surface area contributed by atoms with Gasteiger partial charge in [-0.1, -0.05) is 18.2 Å². The standard InChI is InChI=1S/C6H10ClN/c1-4-6(7)5-8(2)3/h4-5H,1H2,2-3H3. The summed E-state index contributed by atoms with van der Waals surface area (Å²) in [6.45, 7) is 3.49. The molecule has 0 aliphatic rings. The van der Waals surface area contributed by atoms with Crippen LogP contribution in [0, 0.1) is 0 Å². The fourth-order valence-electron chi connectivity index (χ4n) is 0.299. The van der Waals surface area contributed by atoms with E-state index in [9.17, 15) is 0 Å². The molecule has 8 heavy (non-hydrogen) atoms. The molecule has 46 valence electrons. The Morgan fingerprint density at radius 3 is 2.25 bits per heavy atom. The van der Waals surface area contributed by atoms with E-state index < -0.39 is 0 Å². The zero-order valence-corrected chi connectivity index (χ0v) is 5.94. The predicted octanol–water partition coefficient (Wildman–Crippen LogP) is 1.81. The van der Waals surface area contributed by atoms with Crippen molar-refractivity contribution in [3.8, 4) is 0 Å². The Kier molecular flexibility index (Phi) is 3.37. The van der Waals surface area contributed by atoms with Gasteiger partial charge in [-0.05, 0) is 6.08 Å². The van der Waals surface area contributed by atoms with Crippen molar-refractivity contribution in [1.29, 1.82) is 0 Å². The van der Waals surface area contributed by atoms with E-state index in [2.05, 4.69) is 6.58 Å². The minimum atomic E-state index is 0.662. The van der Waals surface area contributed by atoms with Gasteiger partial charge in [-0.3, -0.25) is 0 Å². The first-order chi connectivity index (χ1) is 3.66. The fraction of sp³-hybridized carbons (Fsp3) is 0.333. The van der Waals surface area contributed by atoms with Gasteiger partial charge in [0.25, 0.3) is 0 Å². The van der Waals surface area contributed by atoms with Crippen molar-refractivity contribution in [2.75, 3.05) is 14.1 Å². The molecule has 0 fully saturated rings. The van der Waals surface area contributed by atoms with Crippen molar-refractivity contribution in [3.63, 3.8) is 0 Å². The van der Waals surface area contributed by atoms with E-state index in [-0.39, 0.29) is 0 Å². The maximum Gasteiger partial charge on any atom is 0.0558 e. The first kappa shape index (κ1) is 7.57. The van der Waals surface area contributed by atoms with Crippen LogP contribution in [0.3, 0.4) is 0 Å². The van der Waals surface area contributed by atoms with Crippen molar-refractivity contribution in [2.45, 2.75) is 0 Å². The van der Waals surface area contributed by atoms with Gasteiger partial charge in [0.15, 0.2) is 0 Å². The van der Waals surface area contributed by atoms with Gasteiger partial charge in [0, 0.05) is 20.3 Å². The third kappa shape index (κ3) is 3.75. The second kappa shape index (κ2) is 3.56. The number of nitrogens with zero attached hydrogens (tertiary/aromatic N) is 1. The molecule has 0 N–H and O–H groups in total. The van der Waals surface area contributed by atoms with E-state index in [1.54, 1.807) is 12.3 Å². The van der Waals surface area contributed by atoms with E-state index in [0.717, 1.165) is 0 Å². The van der Waals surface area contributed by atoms with E-state index in [0.29, 0.717) is 5.03 Å². The molecular weight excluding hydrogens is 122 g/mol. The molecule has 1 nitrogen and oxygen atoms in total. The van der Waals surface area contributed by atoms with Crippen LogP contribution >= 0.6 is 11.6 Å². The van der Waals surface area contributed by atoms with E-state index in [1.165, 1.54) is 0 Å². The normalized spacial score (nSPS) is 11.1. The molecule has 0 aliphatic heterocycles. The van der Waals surface area contributed by atoms with Gasteiger partial charge < -0.3 is 4.90 Å². The molecule has 0 aromatic rings. The smallest absolute Gasteiger partial charge is 0.0558 e. The fourth-order valence-corrected chi connectivity index (χ4v) is 0.495. The molecule has 0 aliphatic carbocycles. The molecule has 0 saturated heterocycles. The summed E-state index contributed by atoms with van der Waals surface area (Å²) >= 11 is 5.56. The number of hydrogen-bond acceptors (Lipinski definition) is 1. The van der Waals surface area contributed by atoms with Crippen molar-refractivity contribution in [3.05, 3.63) is 23.9 Å². The van der Waals surface area contributed by atoms with Crippen molar-refractivity contribution in [2.24, 2.45) is 0 Å². The van der Waals surface area contributed by atoms with Crippen LogP contribution in [0.1, 0.15) is 0 Å². The molecule has 0 spiro atoms. The molecule has 0 saturated carbocycles. The lowest BCUT2D eigenvalue weighted by Gasteiger charge is -2.02. The number of rotatable bonds is 2. The van der Waals surface area contributed by atoms with Crippen molar-refractivity contribution in [1.82, 2.24) is 4.90 Å². The summed E-state index contributed by atoms with van der Waals surface area (Å²) in [4.78, 5) is 1.87. The Hall–Kier alpha value is -0.430. The van der Waals surface area contributed by atoms with Gasteiger partial charge in [0.05, 0.1) is 5.03 Å². The van der Waals surface area contributed by atoms with E-state index in [1.807, 2.05) is 19.0 Å². The molecule has 0 bridgehead atoms. The zero-order chi connectivity index (χ0) is 6.57. The molecule has 0 heterocycles. The summed E-state index contributed by atoms with van der Waals surface area (Å²) in [5.74, 6) is 0. The largest absolute Gasteiger partial charge is 0.382 e. The Morgan fingerprint density at radius 2 is 2.12 bits per heavy atom. The molecule has 0 unspecified atom stereocenters. The molecular formula is C6H10ClN. The second-order valence-corrected chi connectivity index (χ2v) is 2.12. The number of hydrogen-bond donors (Lipinski definition) is 0. The number of allylic oxidation sites excluding steroid dienone is 2. The van der Waals surface area contributed by atoms with Crippen LogP contribution in [0.25, 0.3) is 0 Å². The summed E-state index contributed by atoms with van der Waals surface area (Å²) < 4.78 is 0. The van der Waals surface area contributed by atoms with Gasteiger partial charge in [-0.25, -0.2) is 0 Å². The van der Waals surface area contributed by atoms with Gasteiger partial charge >= 0.3 is 0 Å². The molecule has 0 rings (SSSR count). The molecule has 0 radical (unpaired) electrons. The lowest BCUT2D eigenvalue weighted by atomic mass is 10.6. The van der Waals surface area contributed by atoms with Gasteiger partial charge in [-0.2, -0.15) is 0 Å². The lowest BCUT2D eigenvalue weighted by Crippen LogP contribution is -2.00. The maximum absolute atomic E-state index is 5.56. The van der Waals surface area contributed by atoms with Crippen LogP contribution < -0.4 is 0 Å². The third-order valence-corrected chi connectivity index (χ3v) is 0.828. The van der Waals surface area contributed by atoms with E-state index >= 15 is 0 Å². The van der Waals surface area contributed by atoms with Gasteiger partial charge in [0.1, 0.15) is 0 Å². The molecule has 0 aromatic heterocycles. The van der Waals surface area contributed by atoms with E-state index in [4.69, 9.17) is 11.6 Å². The molecule has 0 atom stereocenters. The van der Waals surface area contributed by atoms with Crippen LogP contribution in [0.15, 0.2) is 23.9 Å². The Labute approximate surface area is 55.2 Å². The summed E-state index contributed by atoms with van der Waals surface area (Å²) in [5.41, 5.74) is 0. The van der Waals surface area contributed by atoms with Crippen LogP contribution in [-0.4, -0.2) is 19.0 Å². The van der Waals surface area contributed by atoms with Gasteiger partial charge in [0.2, 0.25) is 0 Å². The quantitative estimate of drug-likeness (QED) is 0.517. The Balaban J connectivity index is 3.74. The summed E-state index contributed by atoms with van der Waals surface area (Å²) in [7, 11) is 3.82. The highest BCUT2D eigenvalue weighted by Crippen LogP contribution is 2.00. The highest BCUT2D eigenvalue weighted by molar-refractivity contribution is 6.31. The molecule has 0 amide bonds. The Bertz CT molecular complexity index is 105. The SMILES string of the molecule is C=CC(Cl)=CN(C)C. The highest BCUT2D eigenvalue weighted by atomic mass is 35.5.